The van der Waals surface area contributed by atoms with E-state index in [9.17, 15) is 37.5 Å². The van der Waals surface area contributed by atoms with Crippen molar-refractivity contribution in [3.8, 4) is 33.6 Å². The molecular formula is C64H80ClF4N11O7S. The molecule has 1 aliphatic carbocycles. The number of alkyl halides is 3. The van der Waals surface area contributed by atoms with Crippen molar-refractivity contribution in [3.63, 3.8) is 0 Å². The number of aliphatic hydroxyl groups excluding tert-OH is 1. The van der Waals surface area contributed by atoms with Gasteiger partial charge in [0, 0.05) is 55.6 Å². The molecule has 10 rings (SSSR count). The molecule has 18 nitrogen and oxygen atoms in total. The average molecular weight is 1260 g/mol. The Bertz CT molecular complexity index is 3450. The highest BCUT2D eigenvalue weighted by atomic mass is 35.5. The van der Waals surface area contributed by atoms with E-state index in [4.69, 9.17) is 31.8 Å². The standard InChI is InChI=1S/C64H80ClF4N11O7S/c1-9-46(71-21-11-10-14-49(83)74-57(63(5,6)7)61(85)79-30-43(81)28-47(79)59(84)73-33(2)38-17-19-39(20-18-38)56-34(3)72-32-88-56)48(82)25-37-23-36-15-16-40(24-37)55-35(4)87-60-50-54(52(66)53(75-60)44-26-41(70)27-45(65)51(44)64(67,68)69)76-62(77-58(50)80(55)29-36)86-31-42-13-12-22-78(42)8/h17-20,24,26-27,32-33,35-36,40,42-43,46-47,55,57,71,81H,9-16,21-23,25,28-31,70H2,1-8H3,(H,73,84)(H,74,83)/t33-,35-,36+,40-,42-,43+,46-,47-,55+,57+/m0/s1. The zero-order valence-electron chi connectivity index (χ0n) is 51.1. The molecule has 10 atom stereocenters. The van der Waals surface area contributed by atoms with E-state index in [0.717, 1.165) is 71.6 Å². The summed E-state index contributed by atoms with van der Waals surface area (Å²) < 4.78 is 74.4. The van der Waals surface area contributed by atoms with Crippen molar-refractivity contribution in [2.75, 3.05) is 50.5 Å². The van der Waals surface area contributed by atoms with Crippen LogP contribution in [0.25, 0.3) is 32.6 Å². The summed E-state index contributed by atoms with van der Waals surface area (Å²) in [5.74, 6) is -2.28. The Labute approximate surface area is 519 Å². The first-order valence-corrected chi connectivity index (χ1v) is 31.9. The number of nitrogens with zero attached hydrogens (tertiary/aromatic N) is 7. The summed E-state index contributed by atoms with van der Waals surface area (Å²) in [5.41, 5.74) is 7.85. The van der Waals surface area contributed by atoms with Gasteiger partial charge in [0.1, 0.15) is 47.2 Å². The van der Waals surface area contributed by atoms with Crippen LogP contribution in [0.2, 0.25) is 5.02 Å². The smallest absolute Gasteiger partial charge is 0.418 e. The molecule has 3 aromatic heterocycles. The van der Waals surface area contributed by atoms with Crippen molar-refractivity contribution < 1.29 is 51.3 Å². The molecule has 88 heavy (non-hydrogen) atoms. The van der Waals surface area contributed by atoms with E-state index >= 15 is 4.39 Å². The maximum atomic E-state index is 17.3. The number of carbonyl (C=O) groups excluding carboxylic acids is 4. The van der Waals surface area contributed by atoms with Crippen molar-refractivity contribution in [3.05, 3.63) is 81.2 Å². The van der Waals surface area contributed by atoms with Gasteiger partial charge >= 0.3 is 12.2 Å². The Morgan fingerprint density at radius 3 is 2.47 bits per heavy atom. The van der Waals surface area contributed by atoms with Crippen LogP contribution in [0.3, 0.4) is 0 Å². The van der Waals surface area contributed by atoms with Gasteiger partial charge in [-0.3, -0.25) is 19.2 Å². The Hall–Kier alpha value is -6.53. The second kappa shape index (κ2) is 26.5. The number of thiazole rings is 1. The summed E-state index contributed by atoms with van der Waals surface area (Å²) in [6, 6.07) is 6.57. The predicted molar refractivity (Wildman–Crippen MR) is 330 cm³/mol. The Kier molecular flexibility index (Phi) is 19.4. The zero-order chi connectivity index (χ0) is 63.1. The van der Waals surface area contributed by atoms with Crippen LogP contribution in [-0.2, 0) is 25.4 Å². The normalized spacial score (nSPS) is 23.1. The highest BCUT2D eigenvalue weighted by molar-refractivity contribution is 7.13. The number of nitrogen functional groups attached to an aromatic ring is 1. The van der Waals surface area contributed by atoms with Gasteiger partial charge in [-0.2, -0.15) is 23.1 Å². The van der Waals surface area contributed by atoms with Crippen molar-refractivity contribution in [2.24, 2.45) is 17.3 Å². The number of amides is 3. The van der Waals surface area contributed by atoms with Crippen LogP contribution in [0.5, 0.6) is 11.9 Å². The summed E-state index contributed by atoms with van der Waals surface area (Å²) >= 11 is 7.74. The molecule has 7 heterocycles. The minimum Gasteiger partial charge on any atom is -0.472 e. The van der Waals surface area contributed by atoms with E-state index in [1.54, 1.807) is 16.8 Å². The highest BCUT2D eigenvalue weighted by Crippen LogP contribution is 2.49. The quantitative estimate of drug-likeness (QED) is 0.0211. The SMILES string of the molecule is CC[C@H](NCCCCC(=O)N[C@H](C(=O)N1C[C@H](O)C[C@H]1C(=O)N[C@@H](C)c1ccc(-c2scnc2C)cc1)C(C)(C)C)C(=O)CC1=C[C@@H]2CC[C@H](C1)CN1c3nc(OC[C@@H]4CCCN4C)nc4c(F)c(-c5cc(N)cc(Cl)c5C(F)(F)F)nc(c34)O[C@@H](C)[C@H]21. The van der Waals surface area contributed by atoms with E-state index in [2.05, 4.69) is 46.8 Å². The second-order valence-corrected chi connectivity index (χ2v) is 26.9. The number of aliphatic hydroxyl groups is 1. The Morgan fingerprint density at radius 2 is 1.78 bits per heavy atom. The van der Waals surface area contributed by atoms with Crippen molar-refractivity contribution in [1.29, 1.82) is 0 Å². The predicted octanol–water partition coefficient (Wildman–Crippen LogP) is 10.2. The lowest BCUT2D eigenvalue weighted by molar-refractivity contribution is -0.144. The average Bonchev–Trinajstić information content (AvgIpc) is 1.33. The topological polar surface area (TPSA) is 230 Å². The van der Waals surface area contributed by atoms with Gasteiger partial charge in [-0.15, -0.1) is 11.3 Å². The minimum absolute atomic E-state index is 0.0247. The summed E-state index contributed by atoms with van der Waals surface area (Å²) in [6.07, 6.45) is 1.54. The first-order valence-electron chi connectivity index (χ1n) is 30.7. The molecule has 0 spiro atoms. The molecule has 5 aromatic rings. The van der Waals surface area contributed by atoms with Crippen molar-refractivity contribution in [2.45, 2.75) is 174 Å². The maximum Gasteiger partial charge on any atom is 0.418 e. The number of carbonyl (C=O) groups is 4. The number of aromatic nitrogens is 4. The van der Waals surface area contributed by atoms with Crippen molar-refractivity contribution >= 4 is 68.9 Å². The number of allylic oxidation sites excluding steroid dienone is 1. The number of unbranched alkanes of at least 4 members (excludes halogenated alkanes) is 1. The van der Waals surface area contributed by atoms with Gasteiger partial charge in [0.25, 0.3) is 0 Å². The molecule has 2 bridgehead atoms. The van der Waals surface area contributed by atoms with Gasteiger partial charge in [-0.1, -0.05) is 75.2 Å². The van der Waals surface area contributed by atoms with E-state index < -0.39 is 87.4 Å². The number of β-amino-alcohol motifs (C(OH)–C–C–N with tert-alkyl or cyclic N) is 1. The number of rotatable bonds is 20. The first kappa shape index (κ1) is 64.5. The number of Topliss-reactive ketones (excluding diaryl/α,β-unsaturated/α-hetero) is 1. The minimum atomic E-state index is -5.00. The molecule has 0 radical (unpaired) electrons. The third-order valence-electron chi connectivity index (χ3n) is 18.1. The number of aryl methyl sites for hydroxylation is 1. The molecule has 0 unspecified atom stereocenters. The van der Waals surface area contributed by atoms with Crippen LogP contribution in [-0.4, -0.2) is 141 Å². The number of fused-ring (bicyclic) bond motifs is 6. The summed E-state index contributed by atoms with van der Waals surface area (Å²) in [7, 11) is 1.99. The fourth-order valence-corrected chi connectivity index (χ4v) is 14.6. The van der Waals surface area contributed by atoms with Crippen LogP contribution in [0.1, 0.15) is 135 Å². The molecule has 24 heteroatoms. The van der Waals surface area contributed by atoms with E-state index in [0.29, 0.717) is 44.6 Å². The first-order chi connectivity index (χ1) is 41.8. The van der Waals surface area contributed by atoms with Crippen LogP contribution >= 0.6 is 22.9 Å². The Morgan fingerprint density at radius 1 is 1.02 bits per heavy atom. The molecule has 6 N–H and O–H groups in total. The fourth-order valence-electron chi connectivity index (χ4n) is 13.5. The lowest BCUT2D eigenvalue weighted by Crippen LogP contribution is -2.57. The molecular weight excluding hydrogens is 1180 g/mol. The number of hydrogen-bond donors (Lipinski definition) is 5. The molecule has 5 aliphatic rings. The number of nitrogens with two attached hydrogens (primary N) is 1. The number of likely N-dealkylation sites (N-methyl/N-ethyl adjacent to an activating group) is 1. The second-order valence-electron chi connectivity index (χ2n) is 25.6. The molecule has 3 saturated heterocycles. The van der Waals surface area contributed by atoms with Crippen molar-refractivity contribution in [1.82, 2.24) is 45.7 Å². The number of halogens is 5. The van der Waals surface area contributed by atoms with Crippen LogP contribution in [0, 0.1) is 30.0 Å². The number of ether oxygens (including phenoxy) is 2. The monoisotopic (exact) mass is 1260 g/mol. The highest BCUT2D eigenvalue weighted by Gasteiger charge is 2.47. The Balaban J connectivity index is 0.776. The van der Waals surface area contributed by atoms with Gasteiger partial charge in [0.15, 0.2) is 11.6 Å². The largest absolute Gasteiger partial charge is 0.472 e. The third-order valence-corrected chi connectivity index (χ3v) is 19.4. The van der Waals surface area contributed by atoms with Crippen LogP contribution in [0.4, 0.5) is 29.1 Å². The fraction of sp³-hybridized carbons (Fsp3) is 0.562. The van der Waals surface area contributed by atoms with E-state index in [1.165, 1.54) is 4.90 Å². The molecule has 3 fully saturated rings. The van der Waals surface area contributed by atoms with Crippen LogP contribution < -0.4 is 36.1 Å². The van der Waals surface area contributed by atoms with Crippen LogP contribution in [0.15, 0.2) is 53.6 Å². The lowest BCUT2D eigenvalue weighted by Gasteiger charge is -2.39. The number of anilines is 2. The van der Waals surface area contributed by atoms with Gasteiger partial charge in [0.05, 0.1) is 50.9 Å². The zero-order valence-corrected chi connectivity index (χ0v) is 52.7. The molecule has 2 aromatic carbocycles. The number of ketones is 1. The molecule has 4 aliphatic heterocycles. The van der Waals surface area contributed by atoms with E-state index in [-0.39, 0.29) is 96.5 Å². The number of pyridine rings is 1. The molecule has 474 valence electrons. The third kappa shape index (κ3) is 13.9. The number of likely N-dealkylation sites (tertiary alicyclic amines) is 2. The van der Waals surface area contributed by atoms with Gasteiger partial charge < -0.3 is 51.0 Å². The van der Waals surface area contributed by atoms with Gasteiger partial charge in [-0.05, 0) is 127 Å². The maximum absolute atomic E-state index is 17.3. The van der Waals surface area contributed by atoms with Gasteiger partial charge in [0.2, 0.25) is 23.6 Å². The summed E-state index contributed by atoms with van der Waals surface area (Å²) in [5, 5.41) is 19.6. The number of benzene rings is 2. The van der Waals surface area contributed by atoms with E-state index in [1.807, 2.05) is 79.8 Å². The molecule has 3 amide bonds. The number of hydrogen-bond acceptors (Lipinski definition) is 16. The lowest BCUT2D eigenvalue weighted by atomic mass is 9.85. The summed E-state index contributed by atoms with van der Waals surface area (Å²) in [6.45, 7) is 15.1. The number of nitrogens with one attached hydrogen (secondary N) is 3. The summed E-state index contributed by atoms with van der Waals surface area (Å²) in [4.78, 5) is 81.1. The van der Waals surface area contributed by atoms with Gasteiger partial charge in [-0.25, -0.2) is 14.4 Å². The molecule has 0 saturated carbocycles.